The Kier molecular flexibility index (Phi) is 22.9. The van der Waals surface area contributed by atoms with Gasteiger partial charge in [-0.2, -0.15) is 220 Å². The van der Waals surface area contributed by atoms with Crippen molar-refractivity contribution in [2.24, 2.45) is 0 Å². The zero-order valence-corrected chi connectivity index (χ0v) is 42.4. The van der Waals surface area contributed by atoms with Crippen molar-refractivity contribution in [3.8, 4) is 0 Å². The Morgan fingerprint density at radius 2 is 0.378 bits per heavy atom. The molecule has 59 heteroatoms. The zero-order chi connectivity index (χ0) is 73.5. The fourth-order valence-corrected chi connectivity index (χ4v) is 5.93. The van der Waals surface area contributed by atoms with Crippen LogP contribution in [-0.4, -0.2) is 186 Å². The molecule has 0 spiro atoms. The van der Waals surface area contributed by atoms with Gasteiger partial charge in [-0.05, 0) is 0 Å². The van der Waals surface area contributed by atoms with Crippen LogP contribution < -0.4 is 29.6 Å². The number of esters is 2. The number of ether oxygens (including phenoxy) is 2. The Hall–Kier alpha value is -3.65. The molecular formula is C31H9F50NaO7S. The summed E-state index contributed by atoms with van der Waals surface area (Å²) in [5.74, 6) is -217. The van der Waals surface area contributed by atoms with Gasteiger partial charge in [0, 0.05) is 0 Å². The minimum absolute atomic E-state index is 0. The van der Waals surface area contributed by atoms with Crippen molar-refractivity contribution < 1.29 is 281 Å². The quantitative estimate of drug-likeness (QED) is 0.0241. The molecule has 0 heterocycles. The maximum absolute atomic E-state index is 14.2. The van der Waals surface area contributed by atoms with E-state index in [1.54, 1.807) is 0 Å². The molecule has 7 nitrogen and oxygen atoms in total. The van der Waals surface area contributed by atoms with E-state index in [0.717, 1.165) is 0 Å². The molecule has 0 saturated heterocycles. The third-order valence-corrected chi connectivity index (χ3v) is 11.7. The predicted molar refractivity (Wildman–Crippen MR) is 166 cm³/mol. The molecule has 0 aliphatic rings. The van der Waals surface area contributed by atoms with E-state index in [1.807, 2.05) is 0 Å². The first-order valence-electron chi connectivity index (χ1n) is 19.4. The van der Waals surface area contributed by atoms with Crippen molar-refractivity contribution in [2.75, 3.05) is 13.2 Å². The van der Waals surface area contributed by atoms with Gasteiger partial charge in [-0.1, -0.05) is 0 Å². The van der Waals surface area contributed by atoms with Gasteiger partial charge in [0.05, 0.1) is 26.1 Å². The Morgan fingerprint density at radius 1 is 0.256 bits per heavy atom. The predicted octanol–water partition coefficient (Wildman–Crippen LogP) is 11.9. The first-order chi connectivity index (χ1) is 37.6. The van der Waals surface area contributed by atoms with E-state index in [0.29, 0.717) is 0 Å². The summed E-state index contributed by atoms with van der Waals surface area (Å²) in [6, 6.07) is 0. The van der Waals surface area contributed by atoms with Crippen molar-refractivity contribution >= 4 is 22.1 Å². The Labute approximate surface area is 477 Å². The van der Waals surface area contributed by atoms with Crippen LogP contribution >= 0.6 is 0 Å². The molecule has 0 saturated carbocycles. The van der Waals surface area contributed by atoms with E-state index in [4.69, 9.17) is 0 Å². The third kappa shape index (κ3) is 11.9. The molecule has 0 N–H and O–H groups in total. The van der Waals surface area contributed by atoms with E-state index in [1.165, 1.54) is 0 Å². The molecule has 0 fully saturated rings. The van der Waals surface area contributed by atoms with Gasteiger partial charge in [-0.25, -0.2) is 8.42 Å². The average Bonchev–Trinajstić information content (AvgIpc) is 3.28. The summed E-state index contributed by atoms with van der Waals surface area (Å²) in [5.41, 5.74) is 0. The second-order valence-corrected chi connectivity index (χ2v) is 18.1. The Balaban J connectivity index is 0. The van der Waals surface area contributed by atoms with E-state index in [-0.39, 0.29) is 29.6 Å². The summed E-state index contributed by atoms with van der Waals surface area (Å²) in [6.45, 7) is -7.12. The molecule has 0 rings (SSSR count). The van der Waals surface area contributed by atoms with Gasteiger partial charge in [0.15, 0.2) is 0 Å². The standard InChI is InChI=1S/C31H10F50O7S.Na/c32-8(33,10(36,37)12(40,41)14(44,45)16(48,49)18(52,53)20(56,57)22(60,61)24(64,65)26(68,69)28(72,73)30(76,77)78)1-3-87-6(82)5(89(84,85)86)7(83)88-4-2-9(34,35)11(38,39)13(42,43)15(46,47)17(50,51)19(54,55)21(58,59)23(62,63)25(66,67)27(70,71)29(74,75)31(79,80)81;/h5H,1-4H2,(H,84,85,86);/q;+1/p-1. The van der Waals surface area contributed by atoms with Crippen LogP contribution in [0, 0.1) is 0 Å². The summed E-state index contributed by atoms with van der Waals surface area (Å²) in [5, 5.41) is -5.07. The second-order valence-electron chi connectivity index (χ2n) is 16.6. The molecule has 0 atom stereocenters. The van der Waals surface area contributed by atoms with Crippen LogP contribution in [0.3, 0.4) is 0 Å². The molecule has 0 aromatic heterocycles. The molecule has 0 bridgehead atoms. The number of carbonyl (C=O) groups excluding carboxylic acids is 2. The largest absolute Gasteiger partial charge is 1.00 e. The molecule has 0 aromatic carbocycles. The topological polar surface area (TPSA) is 110 Å². The summed E-state index contributed by atoms with van der Waals surface area (Å²) in [4.78, 5) is 23.8. The van der Waals surface area contributed by atoms with E-state index >= 15 is 0 Å². The van der Waals surface area contributed by atoms with Crippen molar-refractivity contribution in [3.05, 3.63) is 0 Å². The van der Waals surface area contributed by atoms with Crippen LogP contribution in [0.15, 0.2) is 0 Å². The Morgan fingerprint density at radius 3 is 0.500 bits per heavy atom. The normalized spacial score (nSPS) is 16.5. The minimum Gasteiger partial charge on any atom is -0.747 e. The van der Waals surface area contributed by atoms with Crippen LogP contribution in [0.25, 0.3) is 0 Å². The molecule has 0 unspecified atom stereocenters. The monoisotopic (exact) mass is 1500 g/mol. The number of halogens is 50. The first-order valence-corrected chi connectivity index (χ1v) is 20.8. The van der Waals surface area contributed by atoms with Gasteiger partial charge in [-0.15, -0.1) is 0 Å². The number of hydrogen-bond acceptors (Lipinski definition) is 7. The van der Waals surface area contributed by atoms with E-state index in [2.05, 4.69) is 9.47 Å². The molecule has 90 heavy (non-hydrogen) atoms. The number of hydrogen-bond donors (Lipinski definition) is 0. The van der Waals surface area contributed by atoms with Gasteiger partial charge < -0.3 is 14.0 Å². The minimum atomic E-state index is -10.1. The van der Waals surface area contributed by atoms with Crippen molar-refractivity contribution in [2.45, 2.75) is 161 Å². The smallest absolute Gasteiger partial charge is 0.747 e. The first kappa shape index (κ1) is 88.4. The van der Waals surface area contributed by atoms with E-state index < -0.39 is 196 Å². The SMILES string of the molecule is O=C(OCCC(F)(F)C(F)(F)C(F)(F)C(F)(F)C(F)(F)C(F)(F)C(F)(F)C(F)(F)C(F)(F)C(F)(F)C(F)(F)C(F)(F)F)C(C(=O)OCCC(F)(F)C(F)(F)C(F)(F)C(F)(F)C(F)(F)C(F)(F)C(F)(F)C(F)(F)C(F)(F)C(F)(F)C(F)(F)C(F)(F)F)S(=O)(=O)[O-].[Na+]. The van der Waals surface area contributed by atoms with Gasteiger partial charge in [0.25, 0.3) is 0 Å². The van der Waals surface area contributed by atoms with Crippen molar-refractivity contribution in [3.63, 3.8) is 0 Å². The van der Waals surface area contributed by atoms with Gasteiger partial charge >= 0.3 is 184 Å². The second kappa shape index (κ2) is 23.3. The average molecular weight is 1500 g/mol. The third-order valence-electron chi connectivity index (χ3n) is 10.8. The van der Waals surface area contributed by atoms with Crippen LogP contribution in [0.2, 0.25) is 0 Å². The maximum Gasteiger partial charge on any atom is 1.00 e. The fourth-order valence-electron chi connectivity index (χ4n) is 5.33. The van der Waals surface area contributed by atoms with Crippen LogP contribution in [0.1, 0.15) is 12.8 Å². The molecule has 0 aliphatic carbocycles. The fraction of sp³-hybridized carbons (Fsp3) is 0.935. The van der Waals surface area contributed by atoms with Gasteiger partial charge in [0.2, 0.25) is 5.25 Å². The van der Waals surface area contributed by atoms with Crippen LogP contribution in [0.5, 0.6) is 0 Å². The molecule has 0 aliphatic heterocycles. The van der Waals surface area contributed by atoms with Gasteiger partial charge in [0.1, 0.15) is 10.1 Å². The van der Waals surface area contributed by atoms with E-state index in [9.17, 15) is 242 Å². The van der Waals surface area contributed by atoms with Crippen molar-refractivity contribution in [1.82, 2.24) is 0 Å². The van der Waals surface area contributed by atoms with Gasteiger partial charge in [-0.3, -0.25) is 9.59 Å². The van der Waals surface area contributed by atoms with Crippen LogP contribution in [0.4, 0.5) is 220 Å². The Bertz CT molecular complexity index is 2520. The summed E-state index contributed by atoms with van der Waals surface area (Å²) >= 11 is 0. The number of carbonyl (C=O) groups is 2. The molecule has 532 valence electrons. The summed E-state index contributed by atoms with van der Waals surface area (Å²) < 4.78 is 722. The summed E-state index contributed by atoms with van der Waals surface area (Å²) in [7, 11) is -7.50. The van der Waals surface area contributed by atoms with Crippen LogP contribution in [-0.2, 0) is 29.2 Å². The number of rotatable bonds is 29. The molecule has 0 radical (unpaired) electrons. The molecular weight excluding hydrogens is 1490 g/mol. The van der Waals surface area contributed by atoms with Crippen molar-refractivity contribution in [1.29, 1.82) is 0 Å². The zero-order valence-electron chi connectivity index (χ0n) is 39.6. The molecule has 0 amide bonds. The number of alkyl halides is 50. The maximum atomic E-state index is 14.2. The summed E-state index contributed by atoms with van der Waals surface area (Å²) in [6.07, 6.45) is -25.4. The molecule has 0 aromatic rings.